The lowest BCUT2D eigenvalue weighted by molar-refractivity contribution is 1.19. The third-order valence-electron chi connectivity index (χ3n) is 1.13. The van der Waals surface area contributed by atoms with E-state index >= 15 is 0 Å². The van der Waals surface area contributed by atoms with Crippen LogP contribution in [0.25, 0.3) is 0 Å². The van der Waals surface area contributed by atoms with E-state index in [-0.39, 0.29) is 0 Å². The van der Waals surface area contributed by atoms with Gasteiger partial charge in [-0.2, -0.15) is 5.10 Å². The van der Waals surface area contributed by atoms with E-state index in [2.05, 4.69) is 10.1 Å². The Morgan fingerprint density at radius 3 is 2.70 bits per heavy atom. The number of hydrogen-bond donors (Lipinski definition) is 1. The average Bonchev–Trinajstić information content (AvgIpc) is 2.13. The van der Waals surface area contributed by atoms with E-state index in [1.54, 1.807) is 17.6 Å². The van der Waals surface area contributed by atoms with Crippen LogP contribution in [0.4, 0.5) is 0 Å². The Morgan fingerprint density at radius 1 is 1.60 bits per heavy atom. The Labute approximate surface area is 63.6 Å². The summed E-state index contributed by atoms with van der Waals surface area (Å²) >= 11 is 1.60. The Morgan fingerprint density at radius 2 is 2.30 bits per heavy atom. The van der Waals surface area contributed by atoms with Crippen LogP contribution in [-0.4, -0.2) is 11.2 Å². The average molecular weight is 155 g/mol. The highest BCUT2D eigenvalue weighted by atomic mass is 32.1. The fraction of sp³-hybridized carbons (Fsp3) is 0.333. The summed E-state index contributed by atoms with van der Waals surface area (Å²) in [6.45, 7) is 3.91. The zero-order valence-corrected chi connectivity index (χ0v) is 6.77. The van der Waals surface area contributed by atoms with Crippen molar-refractivity contribution in [3.63, 3.8) is 0 Å². The predicted octanol–water partition coefficient (Wildman–Crippen LogP) is 1.05. The van der Waals surface area contributed by atoms with Crippen LogP contribution >= 0.6 is 11.3 Å². The molecule has 0 aliphatic rings. The van der Waals surface area contributed by atoms with Crippen molar-refractivity contribution in [2.75, 3.05) is 0 Å². The molecule has 10 heavy (non-hydrogen) atoms. The number of hydrazone groups is 1. The van der Waals surface area contributed by atoms with Crippen LogP contribution in [0.3, 0.4) is 0 Å². The van der Waals surface area contributed by atoms with Crippen LogP contribution in [0.2, 0.25) is 0 Å². The molecule has 3 nitrogen and oxygen atoms in total. The van der Waals surface area contributed by atoms with Crippen molar-refractivity contribution in [2.24, 2.45) is 10.9 Å². The number of nitrogens with zero attached hydrogens (tertiary/aromatic N) is 2. The second-order valence-electron chi connectivity index (χ2n) is 1.96. The monoisotopic (exact) mass is 155 g/mol. The third-order valence-corrected chi connectivity index (χ3v) is 2.14. The summed E-state index contributed by atoms with van der Waals surface area (Å²) in [5.74, 6) is 4.99. The molecule has 0 saturated heterocycles. The first-order valence-electron chi connectivity index (χ1n) is 2.91. The van der Waals surface area contributed by atoms with Crippen molar-refractivity contribution in [2.45, 2.75) is 13.8 Å². The first-order chi connectivity index (χ1) is 4.74. The van der Waals surface area contributed by atoms with Crippen LogP contribution in [0.1, 0.15) is 15.6 Å². The van der Waals surface area contributed by atoms with Gasteiger partial charge in [-0.3, -0.25) is 0 Å². The SMILES string of the molecule is Cc1nc(C)c(/C=N/N)s1. The lowest BCUT2D eigenvalue weighted by atomic mass is 10.4. The highest BCUT2D eigenvalue weighted by Gasteiger charge is 1.99. The molecular weight excluding hydrogens is 146 g/mol. The summed E-state index contributed by atoms with van der Waals surface area (Å²) in [6, 6.07) is 0. The Kier molecular flexibility index (Phi) is 2.01. The second-order valence-corrected chi connectivity index (χ2v) is 3.20. The van der Waals surface area contributed by atoms with Gasteiger partial charge in [-0.05, 0) is 13.8 Å². The Bertz CT molecular complexity index is 251. The van der Waals surface area contributed by atoms with Crippen molar-refractivity contribution >= 4 is 17.6 Å². The summed E-state index contributed by atoms with van der Waals surface area (Å²) < 4.78 is 0. The minimum absolute atomic E-state index is 0.997. The van der Waals surface area contributed by atoms with Crippen molar-refractivity contribution in [1.82, 2.24) is 4.98 Å². The summed E-state index contributed by atoms with van der Waals surface area (Å²) in [6.07, 6.45) is 1.62. The smallest absolute Gasteiger partial charge is 0.0904 e. The quantitative estimate of drug-likeness (QED) is 0.374. The molecule has 0 aromatic carbocycles. The van der Waals surface area contributed by atoms with Gasteiger partial charge in [0.15, 0.2) is 0 Å². The van der Waals surface area contributed by atoms with Gasteiger partial charge in [0.25, 0.3) is 0 Å². The predicted molar refractivity (Wildman–Crippen MR) is 43.4 cm³/mol. The topological polar surface area (TPSA) is 51.3 Å². The van der Waals surface area contributed by atoms with Gasteiger partial charge >= 0.3 is 0 Å². The van der Waals surface area contributed by atoms with Gasteiger partial charge in [0.1, 0.15) is 0 Å². The molecule has 0 aliphatic heterocycles. The minimum atomic E-state index is 0.997. The van der Waals surface area contributed by atoms with E-state index in [1.165, 1.54) is 0 Å². The van der Waals surface area contributed by atoms with E-state index in [0.717, 1.165) is 15.6 Å². The molecule has 1 aromatic rings. The minimum Gasteiger partial charge on any atom is -0.323 e. The molecule has 0 spiro atoms. The van der Waals surface area contributed by atoms with E-state index in [1.807, 2.05) is 13.8 Å². The Hall–Kier alpha value is -0.900. The van der Waals surface area contributed by atoms with Gasteiger partial charge in [-0.25, -0.2) is 4.98 Å². The van der Waals surface area contributed by atoms with Crippen molar-refractivity contribution < 1.29 is 0 Å². The van der Waals surface area contributed by atoms with Gasteiger partial charge < -0.3 is 5.84 Å². The van der Waals surface area contributed by atoms with E-state index in [9.17, 15) is 0 Å². The first-order valence-corrected chi connectivity index (χ1v) is 3.73. The second kappa shape index (κ2) is 2.79. The summed E-state index contributed by atoms with van der Waals surface area (Å²) in [4.78, 5) is 5.24. The third kappa shape index (κ3) is 1.33. The molecular formula is C6H9N3S. The molecule has 0 amide bonds. The number of thiazole rings is 1. The van der Waals surface area contributed by atoms with Crippen LogP contribution in [0, 0.1) is 13.8 Å². The molecule has 0 saturated carbocycles. The van der Waals surface area contributed by atoms with Crippen molar-refractivity contribution in [3.8, 4) is 0 Å². The molecule has 4 heteroatoms. The normalized spacial score (nSPS) is 11.0. The summed E-state index contributed by atoms with van der Waals surface area (Å²) in [7, 11) is 0. The molecule has 0 radical (unpaired) electrons. The van der Waals surface area contributed by atoms with E-state index in [0.29, 0.717) is 0 Å². The van der Waals surface area contributed by atoms with Gasteiger partial charge in [-0.15, -0.1) is 11.3 Å². The highest BCUT2D eigenvalue weighted by molar-refractivity contribution is 7.13. The first kappa shape index (κ1) is 7.21. The fourth-order valence-corrected chi connectivity index (χ4v) is 1.54. The van der Waals surface area contributed by atoms with Gasteiger partial charge in [0.05, 0.1) is 21.8 Å². The van der Waals surface area contributed by atoms with Crippen LogP contribution in [0.5, 0.6) is 0 Å². The van der Waals surface area contributed by atoms with Crippen LogP contribution < -0.4 is 5.84 Å². The molecule has 0 atom stereocenters. The molecule has 0 unspecified atom stereocenters. The number of rotatable bonds is 1. The molecule has 0 bridgehead atoms. The maximum Gasteiger partial charge on any atom is 0.0904 e. The zero-order valence-electron chi connectivity index (χ0n) is 5.96. The number of aryl methyl sites for hydroxylation is 2. The number of aromatic nitrogens is 1. The van der Waals surface area contributed by atoms with Crippen LogP contribution in [0.15, 0.2) is 5.10 Å². The molecule has 1 aromatic heterocycles. The largest absolute Gasteiger partial charge is 0.323 e. The molecule has 1 heterocycles. The standard InChI is InChI=1S/C6H9N3S/c1-4-6(3-8-7)10-5(2)9-4/h3H,7H2,1-2H3/b8-3+. The summed E-state index contributed by atoms with van der Waals surface area (Å²) in [5.41, 5.74) is 0.997. The maximum absolute atomic E-state index is 4.99. The molecule has 2 N–H and O–H groups in total. The molecule has 1 rings (SSSR count). The van der Waals surface area contributed by atoms with Crippen LogP contribution in [-0.2, 0) is 0 Å². The fourth-order valence-electron chi connectivity index (χ4n) is 0.735. The lowest BCUT2D eigenvalue weighted by Gasteiger charge is -1.81. The van der Waals surface area contributed by atoms with Gasteiger partial charge in [-0.1, -0.05) is 0 Å². The molecule has 0 fully saturated rings. The van der Waals surface area contributed by atoms with Gasteiger partial charge in [0, 0.05) is 0 Å². The Balaban J connectivity index is 3.03. The highest BCUT2D eigenvalue weighted by Crippen LogP contribution is 2.13. The van der Waals surface area contributed by atoms with Gasteiger partial charge in [0.2, 0.25) is 0 Å². The zero-order chi connectivity index (χ0) is 7.56. The number of nitrogens with two attached hydrogens (primary N) is 1. The van der Waals surface area contributed by atoms with E-state index < -0.39 is 0 Å². The van der Waals surface area contributed by atoms with Crippen molar-refractivity contribution in [3.05, 3.63) is 15.6 Å². The number of hydrogen-bond acceptors (Lipinski definition) is 4. The lowest BCUT2D eigenvalue weighted by Crippen LogP contribution is -1.84. The van der Waals surface area contributed by atoms with Crippen molar-refractivity contribution in [1.29, 1.82) is 0 Å². The van der Waals surface area contributed by atoms with E-state index in [4.69, 9.17) is 5.84 Å². The maximum atomic E-state index is 4.99. The summed E-state index contributed by atoms with van der Waals surface area (Å²) in [5, 5.41) is 4.47. The molecule has 0 aliphatic carbocycles. The molecule has 54 valence electrons.